The summed E-state index contributed by atoms with van der Waals surface area (Å²) in [7, 11) is -0.138. The third-order valence-electron chi connectivity index (χ3n) is 6.42. The number of hydrogen-bond acceptors (Lipinski definition) is 0. The summed E-state index contributed by atoms with van der Waals surface area (Å²) in [6, 6.07) is 8.85. The molecule has 2 heteroatoms. The van der Waals surface area contributed by atoms with Gasteiger partial charge in [0.15, 0.2) is 0 Å². The molecule has 127 valence electrons. The van der Waals surface area contributed by atoms with Crippen LogP contribution in [0.5, 0.6) is 0 Å². The first-order valence-corrected chi connectivity index (χ1v) is 11.8. The van der Waals surface area contributed by atoms with E-state index in [9.17, 15) is 4.39 Å². The van der Waals surface area contributed by atoms with Gasteiger partial charge in [0.05, 0.1) is 8.80 Å². The Bertz CT molecular complexity index is 497. The van der Waals surface area contributed by atoms with E-state index in [0.717, 1.165) is 17.0 Å². The second-order valence-electron chi connectivity index (χ2n) is 7.95. The van der Waals surface area contributed by atoms with E-state index in [2.05, 4.69) is 13.0 Å². The fourth-order valence-corrected chi connectivity index (χ4v) is 8.52. The van der Waals surface area contributed by atoms with Gasteiger partial charge in [-0.05, 0) is 54.3 Å². The van der Waals surface area contributed by atoms with Gasteiger partial charge in [-0.2, -0.15) is 0 Å². The highest BCUT2D eigenvalue weighted by molar-refractivity contribution is 6.60. The van der Waals surface area contributed by atoms with Crippen LogP contribution in [0.1, 0.15) is 75.3 Å². The van der Waals surface area contributed by atoms with E-state index >= 15 is 0 Å². The van der Waals surface area contributed by atoms with Gasteiger partial charge in [0.25, 0.3) is 0 Å². The molecule has 2 fully saturated rings. The van der Waals surface area contributed by atoms with Crippen molar-refractivity contribution in [3.8, 4) is 0 Å². The van der Waals surface area contributed by atoms with E-state index in [0.29, 0.717) is 5.92 Å². The molecule has 0 spiro atoms. The summed E-state index contributed by atoms with van der Waals surface area (Å²) in [5, 5.41) is 0. The van der Waals surface area contributed by atoms with Crippen LogP contribution >= 0.6 is 0 Å². The van der Waals surface area contributed by atoms with Crippen molar-refractivity contribution < 1.29 is 4.39 Å². The zero-order chi connectivity index (χ0) is 16.2. The minimum atomic E-state index is -0.138. The smallest absolute Gasteiger partial charge is 0.126 e. The molecule has 2 aliphatic rings. The third kappa shape index (κ3) is 4.26. The first kappa shape index (κ1) is 17.2. The molecule has 1 aromatic rings. The Morgan fingerprint density at radius 2 is 1.74 bits per heavy atom. The predicted molar refractivity (Wildman–Crippen MR) is 99.1 cm³/mol. The van der Waals surface area contributed by atoms with Gasteiger partial charge in [0, 0.05) is 0 Å². The Morgan fingerprint density at radius 1 is 1.04 bits per heavy atom. The van der Waals surface area contributed by atoms with Gasteiger partial charge in [0.2, 0.25) is 0 Å². The Kier molecular flexibility index (Phi) is 5.95. The van der Waals surface area contributed by atoms with E-state index in [1.807, 2.05) is 13.0 Å². The maximum Gasteiger partial charge on any atom is 0.126 e. The van der Waals surface area contributed by atoms with Crippen LogP contribution in [0.15, 0.2) is 18.2 Å². The van der Waals surface area contributed by atoms with Gasteiger partial charge in [-0.25, -0.2) is 4.39 Å². The molecule has 0 N–H and O–H groups in total. The minimum absolute atomic E-state index is 0.0205. The molecule has 23 heavy (non-hydrogen) atoms. The van der Waals surface area contributed by atoms with E-state index in [4.69, 9.17) is 0 Å². The van der Waals surface area contributed by atoms with Crippen LogP contribution < -0.4 is 0 Å². The molecule has 1 saturated heterocycles. The van der Waals surface area contributed by atoms with Crippen molar-refractivity contribution >= 4 is 8.80 Å². The fraction of sp³-hybridized carbons (Fsp3) is 0.714. The average molecular weight is 332 g/mol. The molecule has 1 aromatic carbocycles. The third-order valence-corrected chi connectivity index (χ3v) is 10.0. The summed E-state index contributed by atoms with van der Waals surface area (Å²) in [4.78, 5) is 0. The van der Waals surface area contributed by atoms with Crippen molar-refractivity contribution in [2.45, 2.75) is 88.8 Å². The second-order valence-corrected chi connectivity index (χ2v) is 11.1. The maximum absolute atomic E-state index is 13.8. The molecule has 1 radical (unpaired) electrons. The number of rotatable bonds is 4. The first-order chi connectivity index (χ1) is 11.2. The van der Waals surface area contributed by atoms with Crippen LogP contribution in [-0.4, -0.2) is 8.80 Å². The number of aryl methyl sites for hydroxylation is 1. The zero-order valence-corrected chi connectivity index (χ0v) is 15.9. The zero-order valence-electron chi connectivity index (χ0n) is 14.9. The highest BCUT2D eigenvalue weighted by Crippen LogP contribution is 2.43. The van der Waals surface area contributed by atoms with Crippen LogP contribution in [0, 0.1) is 18.7 Å². The quantitative estimate of drug-likeness (QED) is 0.528. The number of hydrogen-bond donors (Lipinski definition) is 0. The lowest BCUT2D eigenvalue weighted by molar-refractivity contribution is 0.332. The molecule has 1 heterocycles. The van der Waals surface area contributed by atoms with Crippen molar-refractivity contribution in [3.05, 3.63) is 35.1 Å². The van der Waals surface area contributed by atoms with E-state index in [1.54, 1.807) is 6.07 Å². The minimum Gasteiger partial charge on any atom is -0.207 e. The van der Waals surface area contributed by atoms with E-state index < -0.39 is 0 Å². The standard InChI is InChI=1S/C21H32FSi/c1-3-4-17-6-9-20(10-7-17)23-13-11-18(12-14-23)19-8-5-16(2)21(22)15-19/h5,8,15,17-18,20H,3-4,6-7,9-14H2,1-2H3. The fourth-order valence-electron chi connectivity index (χ4n) is 4.86. The Labute approximate surface area is 143 Å². The topological polar surface area (TPSA) is 0 Å². The van der Waals surface area contributed by atoms with Crippen molar-refractivity contribution in [2.24, 2.45) is 5.92 Å². The van der Waals surface area contributed by atoms with Crippen LogP contribution in [-0.2, 0) is 0 Å². The molecule has 0 unspecified atom stereocenters. The Balaban J connectivity index is 1.50. The van der Waals surface area contributed by atoms with E-state index in [1.165, 1.54) is 69.0 Å². The average Bonchev–Trinajstić information content (AvgIpc) is 2.59. The maximum atomic E-state index is 13.8. The first-order valence-electron chi connectivity index (χ1n) is 9.78. The lowest BCUT2D eigenvalue weighted by Crippen LogP contribution is -2.29. The molecular formula is C21H32FSi. The molecule has 0 bridgehead atoms. The van der Waals surface area contributed by atoms with Gasteiger partial charge in [-0.1, -0.05) is 69.7 Å². The summed E-state index contributed by atoms with van der Waals surface area (Å²) in [6.45, 7) is 4.18. The van der Waals surface area contributed by atoms with Crippen molar-refractivity contribution in [2.75, 3.05) is 0 Å². The van der Waals surface area contributed by atoms with Gasteiger partial charge in [0.1, 0.15) is 5.82 Å². The molecular weight excluding hydrogens is 299 g/mol. The van der Waals surface area contributed by atoms with Gasteiger partial charge < -0.3 is 0 Å². The molecule has 0 nitrogen and oxygen atoms in total. The molecule has 1 aliphatic heterocycles. The molecule has 0 amide bonds. The highest BCUT2D eigenvalue weighted by Gasteiger charge is 2.32. The van der Waals surface area contributed by atoms with Crippen LogP contribution in [0.25, 0.3) is 0 Å². The SMILES string of the molecule is CCCC1CCC([Si]2CCC(c3ccc(C)c(F)c3)CC2)CC1. The molecule has 1 aliphatic carbocycles. The molecule has 1 saturated carbocycles. The van der Waals surface area contributed by atoms with Crippen molar-refractivity contribution in [3.63, 3.8) is 0 Å². The van der Waals surface area contributed by atoms with Crippen molar-refractivity contribution in [1.82, 2.24) is 0 Å². The largest absolute Gasteiger partial charge is 0.207 e. The number of benzene rings is 1. The summed E-state index contributed by atoms with van der Waals surface area (Å²) in [5.41, 5.74) is 3.11. The monoisotopic (exact) mass is 331 g/mol. The summed E-state index contributed by atoms with van der Waals surface area (Å²) in [5.74, 6) is 1.63. The predicted octanol–water partition coefficient (Wildman–Crippen LogP) is 6.87. The van der Waals surface area contributed by atoms with Gasteiger partial charge >= 0.3 is 0 Å². The summed E-state index contributed by atoms with van der Waals surface area (Å²) in [6.07, 6.45) is 11.5. The van der Waals surface area contributed by atoms with Crippen molar-refractivity contribution in [1.29, 1.82) is 0 Å². The highest BCUT2D eigenvalue weighted by atomic mass is 28.3. The Morgan fingerprint density at radius 3 is 2.35 bits per heavy atom. The second kappa shape index (κ2) is 7.96. The summed E-state index contributed by atoms with van der Waals surface area (Å²) < 4.78 is 13.8. The van der Waals surface area contributed by atoms with Crippen LogP contribution in [0.3, 0.4) is 0 Å². The van der Waals surface area contributed by atoms with E-state index in [-0.39, 0.29) is 14.6 Å². The molecule has 0 atom stereocenters. The van der Waals surface area contributed by atoms with Crippen LogP contribution in [0.4, 0.5) is 4.39 Å². The molecule has 0 aromatic heterocycles. The normalized spacial score (nSPS) is 27.3. The Hall–Kier alpha value is -0.633. The number of halogens is 1. The van der Waals surface area contributed by atoms with Gasteiger partial charge in [-0.3, -0.25) is 0 Å². The summed E-state index contributed by atoms with van der Waals surface area (Å²) >= 11 is 0. The van der Waals surface area contributed by atoms with Gasteiger partial charge in [-0.15, -0.1) is 0 Å². The lowest BCUT2D eigenvalue weighted by Gasteiger charge is -2.37. The van der Waals surface area contributed by atoms with Crippen LogP contribution in [0.2, 0.25) is 17.6 Å². The lowest BCUT2D eigenvalue weighted by atomic mass is 9.86. The molecule has 3 rings (SSSR count).